The van der Waals surface area contributed by atoms with Gasteiger partial charge in [0.25, 0.3) is 5.91 Å². The average molecular weight is 489 g/mol. The van der Waals surface area contributed by atoms with Gasteiger partial charge < -0.3 is 14.3 Å². The Morgan fingerprint density at radius 2 is 1.59 bits per heavy atom. The van der Waals surface area contributed by atoms with E-state index in [1.54, 1.807) is 13.8 Å². The van der Waals surface area contributed by atoms with Gasteiger partial charge in [0.2, 0.25) is 15.9 Å². The minimum absolute atomic E-state index is 0.0112. The van der Waals surface area contributed by atoms with Crippen LogP contribution in [0.5, 0.6) is 0 Å². The summed E-state index contributed by atoms with van der Waals surface area (Å²) in [4.78, 5) is 29.5. The third kappa shape index (κ3) is 4.88. The second kappa shape index (κ2) is 9.87. The molecule has 0 saturated carbocycles. The number of carbonyl (C=O) groups is 2. The van der Waals surface area contributed by atoms with Crippen LogP contribution in [0.25, 0.3) is 0 Å². The van der Waals surface area contributed by atoms with E-state index in [4.69, 9.17) is 4.52 Å². The second-order valence-corrected chi connectivity index (χ2v) is 11.1. The highest BCUT2D eigenvalue weighted by molar-refractivity contribution is 7.89. The Kier molecular flexibility index (Phi) is 7.09. The number of benzene rings is 1. The number of rotatable bonds is 5. The summed E-state index contributed by atoms with van der Waals surface area (Å²) < 4.78 is 32.5. The number of sulfonamides is 1. The Balaban J connectivity index is 1.27. The van der Waals surface area contributed by atoms with E-state index in [0.717, 1.165) is 5.56 Å². The molecule has 9 nitrogen and oxygen atoms in total. The molecule has 2 aromatic rings. The fourth-order valence-electron chi connectivity index (χ4n) is 4.84. The van der Waals surface area contributed by atoms with Gasteiger partial charge in [-0.25, -0.2) is 8.42 Å². The molecule has 10 heteroatoms. The first kappa shape index (κ1) is 24.4. The maximum atomic E-state index is 13.0. The summed E-state index contributed by atoms with van der Waals surface area (Å²) in [5.41, 5.74) is 2.03. The van der Waals surface area contributed by atoms with Gasteiger partial charge in [-0.1, -0.05) is 23.4 Å². The van der Waals surface area contributed by atoms with Crippen LogP contribution in [0.4, 0.5) is 0 Å². The quantitative estimate of drug-likeness (QED) is 0.640. The number of nitrogens with zero attached hydrogens (tertiary/aromatic N) is 4. The van der Waals surface area contributed by atoms with Crippen molar-refractivity contribution in [3.05, 3.63) is 46.8 Å². The molecule has 1 aromatic carbocycles. The average Bonchev–Trinajstić information content (AvgIpc) is 3.18. The lowest BCUT2D eigenvalue weighted by Crippen LogP contribution is -2.51. The smallest absolute Gasteiger partial charge is 0.254 e. The van der Waals surface area contributed by atoms with E-state index < -0.39 is 10.0 Å². The highest BCUT2D eigenvalue weighted by Crippen LogP contribution is 2.29. The van der Waals surface area contributed by atoms with Gasteiger partial charge in [-0.3, -0.25) is 9.59 Å². The minimum Gasteiger partial charge on any atom is -0.360 e. The first-order valence-corrected chi connectivity index (χ1v) is 13.2. The van der Waals surface area contributed by atoms with Crippen molar-refractivity contribution in [2.45, 2.75) is 44.9 Å². The van der Waals surface area contributed by atoms with E-state index >= 15 is 0 Å². The number of piperazine rings is 1. The summed E-state index contributed by atoms with van der Waals surface area (Å²) in [5.74, 6) is 0.539. The van der Waals surface area contributed by atoms with Crippen molar-refractivity contribution in [3.8, 4) is 0 Å². The van der Waals surface area contributed by atoms with Gasteiger partial charge in [0.15, 0.2) is 5.76 Å². The first-order chi connectivity index (χ1) is 16.2. The van der Waals surface area contributed by atoms with Crippen molar-refractivity contribution in [1.29, 1.82) is 0 Å². The Hall–Kier alpha value is -2.72. The van der Waals surface area contributed by atoms with Crippen LogP contribution in [-0.4, -0.2) is 78.8 Å². The third-order valence-electron chi connectivity index (χ3n) is 6.90. The molecule has 2 amide bonds. The molecule has 0 unspecified atom stereocenters. The SMILES string of the molecule is Cc1ccccc1C(=O)N1CCN(C(=O)CC2CCN(S(=O)(=O)c3c(C)noc3C)CC2)CC1. The van der Waals surface area contributed by atoms with Gasteiger partial charge in [0.1, 0.15) is 10.6 Å². The molecule has 0 bridgehead atoms. The van der Waals surface area contributed by atoms with Crippen LogP contribution in [0.2, 0.25) is 0 Å². The van der Waals surface area contributed by atoms with Gasteiger partial charge in [-0.2, -0.15) is 4.31 Å². The highest BCUT2D eigenvalue weighted by Gasteiger charge is 2.35. The molecule has 4 rings (SSSR count). The molecule has 1 aromatic heterocycles. The number of aromatic nitrogens is 1. The van der Waals surface area contributed by atoms with E-state index in [1.807, 2.05) is 41.0 Å². The van der Waals surface area contributed by atoms with Gasteiger partial charge in [0, 0.05) is 51.3 Å². The number of amides is 2. The lowest BCUT2D eigenvalue weighted by Gasteiger charge is -2.36. The summed E-state index contributed by atoms with van der Waals surface area (Å²) >= 11 is 0. The van der Waals surface area contributed by atoms with Crippen LogP contribution in [0, 0.1) is 26.7 Å². The maximum absolute atomic E-state index is 13.0. The van der Waals surface area contributed by atoms with E-state index in [1.165, 1.54) is 4.31 Å². The van der Waals surface area contributed by atoms with Crippen LogP contribution < -0.4 is 0 Å². The van der Waals surface area contributed by atoms with Crippen molar-refractivity contribution in [2.24, 2.45) is 5.92 Å². The molecule has 2 saturated heterocycles. The van der Waals surface area contributed by atoms with Crippen LogP contribution in [-0.2, 0) is 14.8 Å². The topological polar surface area (TPSA) is 104 Å². The zero-order valence-corrected chi connectivity index (χ0v) is 20.8. The molecular weight excluding hydrogens is 456 g/mol. The van der Waals surface area contributed by atoms with Crippen molar-refractivity contribution >= 4 is 21.8 Å². The summed E-state index contributed by atoms with van der Waals surface area (Å²) in [7, 11) is -3.65. The number of hydrogen-bond donors (Lipinski definition) is 0. The predicted octanol–water partition coefficient (Wildman–Crippen LogP) is 2.38. The molecule has 0 N–H and O–H groups in total. The molecule has 2 aliphatic heterocycles. The molecule has 0 aliphatic carbocycles. The zero-order chi connectivity index (χ0) is 24.5. The number of hydrogen-bond acceptors (Lipinski definition) is 6. The van der Waals surface area contributed by atoms with Crippen molar-refractivity contribution in [2.75, 3.05) is 39.3 Å². The molecule has 184 valence electrons. The van der Waals surface area contributed by atoms with Crippen molar-refractivity contribution in [1.82, 2.24) is 19.3 Å². The fraction of sp³-hybridized carbons (Fsp3) is 0.542. The van der Waals surface area contributed by atoms with Crippen LogP contribution in [0.15, 0.2) is 33.7 Å². The Bertz CT molecular complexity index is 1140. The molecule has 0 atom stereocenters. The Morgan fingerprint density at radius 1 is 0.971 bits per heavy atom. The molecule has 2 aliphatic rings. The van der Waals surface area contributed by atoms with E-state index in [0.29, 0.717) is 75.5 Å². The summed E-state index contributed by atoms with van der Waals surface area (Å²) in [6.07, 6.45) is 1.69. The fourth-order valence-corrected chi connectivity index (χ4v) is 6.60. The molecular formula is C24H32N4O5S. The van der Waals surface area contributed by atoms with Crippen molar-refractivity contribution < 1.29 is 22.5 Å². The molecule has 0 radical (unpaired) electrons. The van der Waals surface area contributed by atoms with Crippen LogP contribution in [0.1, 0.15) is 46.6 Å². The monoisotopic (exact) mass is 488 g/mol. The van der Waals surface area contributed by atoms with Gasteiger partial charge in [-0.05, 0) is 51.2 Å². The maximum Gasteiger partial charge on any atom is 0.254 e. The standard InChI is InChI=1S/C24H32N4O5S/c1-17-6-4-5-7-21(17)24(30)27-14-12-26(13-15-27)22(29)16-20-8-10-28(11-9-20)34(31,32)23-18(2)25-33-19(23)3/h4-7,20H,8-16H2,1-3H3. The van der Waals surface area contributed by atoms with Crippen molar-refractivity contribution in [3.63, 3.8) is 0 Å². The van der Waals surface area contributed by atoms with Crippen LogP contribution >= 0.6 is 0 Å². The predicted molar refractivity (Wildman–Crippen MR) is 126 cm³/mol. The zero-order valence-electron chi connectivity index (χ0n) is 20.0. The normalized spacial score (nSPS) is 18.3. The van der Waals surface area contributed by atoms with E-state index in [9.17, 15) is 18.0 Å². The lowest BCUT2D eigenvalue weighted by molar-refractivity contribution is -0.134. The number of carbonyl (C=O) groups excluding carboxylic acids is 2. The minimum atomic E-state index is -3.65. The first-order valence-electron chi connectivity index (χ1n) is 11.7. The molecule has 0 spiro atoms. The molecule has 2 fully saturated rings. The Labute approximate surface area is 200 Å². The molecule has 3 heterocycles. The van der Waals surface area contributed by atoms with Gasteiger partial charge in [0.05, 0.1) is 0 Å². The molecule has 34 heavy (non-hydrogen) atoms. The summed E-state index contributed by atoms with van der Waals surface area (Å²) in [6, 6.07) is 7.55. The third-order valence-corrected chi connectivity index (χ3v) is 9.04. The number of aryl methyl sites for hydroxylation is 3. The summed E-state index contributed by atoms with van der Waals surface area (Å²) in [5, 5.41) is 3.77. The summed E-state index contributed by atoms with van der Waals surface area (Å²) in [6.45, 7) is 8.01. The van der Waals surface area contributed by atoms with E-state index in [2.05, 4.69) is 5.16 Å². The largest absolute Gasteiger partial charge is 0.360 e. The number of piperidine rings is 1. The Morgan fingerprint density at radius 3 is 2.18 bits per heavy atom. The highest BCUT2D eigenvalue weighted by atomic mass is 32.2. The van der Waals surface area contributed by atoms with Gasteiger partial charge in [-0.15, -0.1) is 0 Å². The van der Waals surface area contributed by atoms with Gasteiger partial charge >= 0.3 is 0 Å². The second-order valence-electron chi connectivity index (χ2n) is 9.19. The lowest BCUT2D eigenvalue weighted by atomic mass is 9.94. The van der Waals surface area contributed by atoms with Crippen LogP contribution in [0.3, 0.4) is 0 Å². The van der Waals surface area contributed by atoms with E-state index in [-0.39, 0.29) is 22.6 Å².